The van der Waals surface area contributed by atoms with Gasteiger partial charge in [-0.1, -0.05) is 23.7 Å². The summed E-state index contributed by atoms with van der Waals surface area (Å²) in [6, 6.07) is 12.1. The quantitative estimate of drug-likeness (QED) is 0.443. The third-order valence-electron chi connectivity index (χ3n) is 3.45. The number of fused-ring (bicyclic) bond motifs is 1. The first-order valence-corrected chi connectivity index (χ1v) is 8.92. The monoisotopic (exact) mass is 342 g/mol. The Morgan fingerprint density at radius 3 is 1.91 bits per heavy atom. The van der Waals surface area contributed by atoms with Crippen LogP contribution in [-0.4, -0.2) is 9.97 Å². The molecule has 0 N–H and O–H groups in total. The maximum Gasteiger partial charge on any atom is 0.108 e. The highest BCUT2D eigenvalue weighted by Gasteiger charge is 2.15. The van der Waals surface area contributed by atoms with Gasteiger partial charge in [-0.25, -0.2) is 9.97 Å². The van der Waals surface area contributed by atoms with Crippen molar-refractivity contribution in [3.05, 3.63) is 57.7 Å². The van der Waals surface area contributed by atoms with Crippen LogP contribution in [0.1, 0.15) is 5.56 Å². The van der Waals surface area contributed by atoms with Crippen LogP contribution in [0, 0.1) is 6.92 Å². The van der Waals surface area contributed by atoms with Crippen LogP contribution in [0.25, 0.3) is 32.2 Å². The molecule has 0 saturated heterocycles. The van der Waals surface area contributed by atoms with Gasteiger partial charge >= 0.3 is 0 Å². The molecule has 5 heteroatoms. The Balaban J connectivity index is 2.06. The first kappa shape index (κ1) is 13.9. The maximum absolute atomic E-state index is 6.24. The van der Waals surface area contributed by atoms with E-state index in [1.54, 1.807) is 22.7 Å². The molecule has 3 aromatic heterocycles. The van der Waals surface area contributed by atoms with Crippen molar-refractivity contribution >= 4 is 45.3 Å². The number of rotatable bonds is 2. The SMILES string of the molecule is Cc1cc2nc(-c3cccs3)c(-c3cccs3)nc2cc1Cl. The Bertz CT molecular complexity index is 866. The lowest BCUT2D eigenvalue weighted by Gasteiger charge is -2.08. The summed E-state index contributed by atoms with van der Waals surface area (Å²) in [5.41, 5.74) is 4.59. The fourth-order valence-corrected chi connectivity index (χ4v) is 3.94. The number of thiophene rings is 2. The summed E-state index contributed by atoms with van der Waals surface area (Å²) >= 11 is 9.59. The molecule has 0 radical (unpaired) electrons. The molecule has 0 amide bonds. The highest BCUT2D eigenvalue weighted by Crippen LogP contribution is 2.36. The van der Waals surface area contributed by atoms with E-state index in [-0.39, 0.29) is 0 Å². The summed E-state index contributed by atoms with van der Waals surface area (Å²) in [6.07, 6.45) is 0. The van der Waals surface area contributed by atoms with Gasteiger partial charge in [0, 0.05) is 5.02 Å². The molecule has 0 saturated carbocycles. The number of nitrogens with zero attached hydrogens (tertiary/aromatic N) is 2. The van der Waals surface area contributed by atoms with E-state index in [4.69, 9.17) is 21.6 Å². The summed E-state index contributed by atoms with van der Waals surface area (Å²) in [5, 5.41) is 4.84. The third kappa shape index (κ3) is 2.33. The molecule has 0 unspecified atom stereocenters. The molecule has 0 aliphatic heterocycles. The summed E-state index contributed by atoms with van der Waals surface area (Å²) in [7, 11) is 0. The number of aromatic nitrogens is 2. The Morgan fingerprint density at radius 2 is 1.41 bits per heavy atom. The Kier molecular flexibility index (Phi) is 3.45. The minimum atomic E-state index is 0.725. The average molecular weight is 343 g/mol. The lowest BCUT2D eigenvalue weighted by atomic mass is 10.1. The predicted molar refractivity (Wildman–Crippen MR) is 95.9 cm³/mol. The van der Waals surface area contributed by atoms with Crippen LogP contribution >= 0.6 is 34.3 Å². The zero-order chi connectivity index (χ0) is 15.1. The number of halogens is 1. The Morgan fingerprint density at radius 1 is 0.864 bits per heavy atom. The molecule has 2 nitrogen and oxygen atoms in total. The second-order valence-corrected chi connectivity index (χ2v) is 7.27. The predicted octanol–water partition coefficient (Wildman–Crippen LogP) is 6.05. The van der Waals surface area contributed by atoms with Crippen molar-refractivity contribution in [3.63, 3.8) is 0 Å². The van der Waals surface area contributed by atoms with Gasteiger partial charge in [-0.05, 0) is 47.5 Å². The molecule has 1 aromatic carbocycles. The third-order valence-corrected chi connectivity index (χ3v) is 5.61. The highest BCUT2D eigenvalue weighted by molar-refractivity contribution is 7.14. The molecule has 0 atom stereocenters. The van der Waals surface area contributed by atoms with Gasteiger partial charge in [-0.3, -0.25) is 0 Å². The van der Waals surface area contributed by atoms with Gasteiger partial charge in [0.25, 0.3) is 0 Å². The molecule has 22 heavy (non-hydrogen) atoms. The number of benzene rings is 1. The van der Waals surface area contributed by atoms with Crippen molar-refractivity contribution in [2.24, 2.45) is 0 Å². The van der Waals surface area contributed by atoms with Crippen molar-refractivity contribution in [2.75, 3.05) is 0 Å². The summed E-state index contributed by atoms with van der Waals surface area (Å²) in [4.78, 5) is 12.0. The second kappa shape index (κ2) is 5.47. The van der Waals surface area contributed by atoms with Gasteiger partial charge < -0.3 is 0 Å². The number of aryl methyl sites for hydroxylation is 1. The van der Waals surface area contributed by atoms with Crippen LogP contribution < -0.4 is 0 Å². The van der Waals surface area contributed by atoms with E-state index in [9.17, 15) is 0 Å². The minimum absolute atomic E-state index is 0.725. The fraction of sp³-hybridized carbons (Fsp3) is 0.0588. The van der Waals surface area contributed by atoms with E-state index in [0.29, 0.717) is 0 Å². The molecule has 4 rings (SSSR count). The van der Waals surface area contributed by atoms with Crippen LogP contribution in [0.3, 0.4) is 0 Å². The van der Waals surface area contributed by atoms with Crippen LogP contribution in [0.2, 0.25) is 5.02 Å². The van der Waals surface area contributed by atoms with Crippen LogP contribution in [0.5, 0.6) is 0 Å². The molecular formula is C17H11ClN2S2. The Labute approximate surface area is 141 Å². The van der Waals surface area contributed by atoms with Crippen LogP contribution in [-0.2, 0) is 0 Å². The van der Waals surface area contributed by atoms with Gasteiger partial charge in [0.15, 0.2) is 0 Å². The van der Waals surface area contributed by atoms with Crippen molar-refractivity contribution in [1.29, 1.82) is 0 Å². The lowest BCUT2D eigenvalue weighted by molar-refractivity contribution is 1.30. The van der Waals surface area contributed by atoms with E-state index < -0.39 is 0 Å². The van der Waals surface area contributed by atoms with Gasteiger partial charge in [0.1, 0.15) is 11.4 Å². The first-order valence-electron chi connectivity index (χ1n) is 6.78. The van der Waals surface area contributed by atoms with Crippen molar-refractivity contribution in [3.8, 4) is 21.1 Å². The highest BCUT2D eigenvalue weighted by atomic mass is 35.5. The number of hydrogen-bond acceptors (Lipinski definition) is 4. The van der Waals surface area contributed by atoms with E-state index in [2.05, 4.69) is 22.9 Å². The standard InChI is InChI=1S/C17H11ClN2S2/c1-10-8-12-13(9-11(10)18)20-17(15-5-3-7-22-15)16(19-12)14-4-2-6-21-14/h2-9H,1H3. The molecular weight excluding hydrogens is 332 g/mol. The van der Waals surface area contributed by atoms with E-state index in [1.165, 1.54) is 0 Å². The average Bonchev–Trinajstić information content (AvgIpc) is 3.21. The van der Waals surface area contributed by atoms with Gasteiger partial charge in [0.2, 0.25) is 0 Å². The van der Waals surface area contributed by atoms with Crippen molar-refractivity contribution in [1.82, 2.24) is 9.97 Å². The van der Waals surface area contributed by atoms with E-state index in [0.717, 1.165) is 42.8 Å². The minimum Gasteiger partial charge on any atom is -0.243 e. The van der Waals surface area contributed by atoms with Gasteiger partial charge in [-0.2, -0.15) is 0 Å². The maximum atomic E-state index is 6.24. The molecule has 108 valence electrons. The normalized spacial score (nSPS) is 11.2. The largest absolute Gasteiger partial charge is 0.243 e. The molecule has 0 aliphatic carbocycles. The summed E-state index contributed by atoms with van der Waals surface area (Å²) in [6.45, 7) is 1.99. The summed E-state index contributed by atoms with van der Waals surface area (Å²) in [5.74, 6) is 0. The molecule has 0 fully saturated rings. The zero-order valence-electron chi connectivity index (χ0n) is 11.7. The molecule has 0 spiro atoms. The van der Waals surface area contributed by atoms with Crippen LogP contribution in [0.4, 0.5) is 0 Å². The molecule has 3 heterocycles. The fourth-order valence-electron chi connectivity index (χ4n) is 2.35. The van der Waals surface area contributed by atoms with Gasteiger partial charge in [0.05, 0.1) is 20.8 Å². The van der Waals surface area contributed by atoms with Crippen LogP contribution in [0.15, 0.2) is 47.2 Å². The molecule has 0 bridgehead atoms. The molecule has 4 aromatic rings. The van der Waals surface area contributed by atoms with Crippen molar-refractivity contribution < 1.29 is 0 Å². The zero-order valence-corrected chi connectivity index (χ0v) is 14.1. The lowest BCUT2D eigenvalue weighted by Crippen LogP contribution is -1.94. The second-order valence-electron chi connectivity index (χ2n) is 4.97. The van der Waals surface area contributed by atoms with E-state index in [1.807, 2.05) is 31.2 Å². The topological polar surface area (TPSA) is 25.8 Å². The number of hydrogen-bond donors (Lipinski definition) is 0. The van der Waals surface area contributed by atoms with Crippen molar-refractivity contribution in [2.45, 2.75) is 6.92 Å². The smallest absolute Gasteiger partial charge is 0.108 e. The molecule has 0 aliphatic rings. The Hall–Kier alpha value is -1.75. The first-order chi connectivity index (χ1) is 10.7. The summed E-state index contributed by atoms with van der Waals surface area (Å²) < 4.78 is 0. The van der Waals surface area contributed by atoms with Gasteiger partial charge in [-0.15, -0.1) is 22.7 Å². The van der Waals surface area contributed by atoms with E-state index >= 15 is 0 Å².